The molecule has 13 heavy (non-hydrogen) atoms. The number of benzene rings is 1. The van der Waals surface area contributed by atoms with Gasteiger partial charge in [0.2, 0.25) is 0 Å². The van der Waals surface area contributed by atoms with Crippen LogP contribution >= 0.6 is 0 Å². The van der Waals surface area contributed by atoms with Gasteiger partial charge in [0, 0.05) is 13.1 Å². The minimum Gasteiger partial charge on any atom is -0.369 e. The molecule has 1 aromatic rings. The third-order valence-corrected chi connectivity index (χ3v) is 2.64. The van der Waals surface area contributed by atoms with E-state index >= 15 is 0 Å². The normalized spacial score (nSPS) is 15.7. The summed E-state index contributed by atoms with van der Waals surface area (Å²) in [5.41, 5.74) is 1.99. The molecule has 0 N–H and O–H groups in total. The highest BCUT2D eigenvalue weighted by molar-refractivity contribution is 5.56. The van der Waals surface area contributed by atoms with Crippen molar-refractivity contribution in [3.63, 3.8) is 0 Å². The largest absolute Gasteiger partial charge is 0.369 e. The van der Waals surface area contributed by atoms with Crippen molar-refractivity contribution in [1.82, 2.24) is 0 Å². The van der Waals surface area contributed by atoms with E-state index in [4.69, 9.17) is 0 Å². The molecule has 2 heteroatoms. The molecule has 0 bridgehead atoms. The van der Waals surface area contributed by atoms with Gasteiger partial charge in [0.05, 0.1) is 5.69 Å². The molecular weight excluding hydrogens is 165 g/mol. The van der Waals surface area contributed by atoms with Crippen molar-refractivity contribution in [3.05, 3.63) is 29.6 Å². The van der Waals surface area contributed by atoms with Crippen molar-refractivity contribution in [2.75, 3.05) is 18.0 Å². The molecule has 1 aromatic carbocycles. The highest BCUT2D eigenvalue weighted by Gasteiger charge is 2.18. The van der Waals surface area contributed by atoms with Crippen LogP contribution in [0, 0.1) is 5.82 Å². The van der Waals surface area contributed by atoms with E-state index in [1.54, 1.807) is 12.1 Å². The van der Waals surface area contributed by atoms with Crippen LogP contribution in [-0.4, -0.2) is 13.1 Å². The maximum absolute atomic E-state index is 13.5. The van der Waals surface area contributed by atoms with Crippen molar-refractivity contribution in [1.29, 1.82) is 0 Å². The van der Waals surface area contributed by atoms with Gasteiger partial charge in [-0.3, -0.25) is 0 Å². The standard InChI is InChI=1S/C11H14FN/c1-2-13-8-4-6-9-5-3-7-10(12)11(9)13/h3,5,7H,2,4,6,8H2,1H3. The van der Waals surface area contributed by atoms with Gasteiger partial charge in [0.15, 0.2) is 0 Å². The average molecular weight is 179 g/mol. The Morgan fingerprint density at radius 1 is 1.46 bits per heavy atom. The molecule has 0 spiro atoms. The van der Waals surface area contributed by atoms with E-state index < -0.39 is 0 Å². The van der Waals surface area contributed by atoms with Crippen molar-refractivity contribution in [2.45, 2.75) is 19.8 Å². The van der Waals surface area contributed by atoms with Gasteiger partial charge in [-0.2, -0.15) is 0 Å². The van der Waals surface area contributed by atoms with E-state index in [1.807, 2.05) is 6.07 Å². The van der Waals surface area contributed by atoms with Crippen molar-refractivity contribution in [2.24, 2.45) is 0 Å². The van der Waals surface area contributed by atoms with Gasteiger partial charge < -0.3 is 4.90 Å². The smallest absolute Gasteiger partial charge is 0.146 e. The molecule has 0 radical (unpaired) electrons. The molecule has 0 saturated carbocycles. The van der Waals surface area contributed by atoms with E-state index in [1.165, 1.54) is 0 Å². The fourth-order valence-corrected chi connectivity index (χ4v) is 2.00. The molecule has 0 amide bonds. The molecule has 0 fully saturated rings. The molecule has 0 aliphatic carbocycles. The highest BCUT2D eigenvalue weighted by atomic mass is 19.1. The van der Waals surface area contributed by atoms with Crippen molar-refractivity contribution < 1.29 is 4.39 Å². The third-order valence-electron chi connectivity index (χ3n) is 2.64. The summed E-state index contributed by atoms with van der Waals surface area (Å²) in [6.07, 6.45) is 2.16. The molecule has 0 aromatic heterocycles. The monoisotopic (exact) mass is 179 g/mol. The van der Waals surface area contributed by atoms with Crippen LogP contribution in [0.3, 0.4) is 0 Å². The number of fused-ring (bicyclic) bond motifs is 1. The number of rotatable bonds is 1. The van der Waals surface area contributed by atoms with Gasteiger partial charge in [-0.25, -0.2) is 4.39 Å². The van der Waals surface area contributed by atoms with E-state index in [9.17, 15) is 4.39 Å². The molecule has 1 aliphatic rings. The summed E-state index contributed by atoms with van der Waals surface area (Å²) in [6.45, 7) is 3.96. The van der Waals surface area contributed by atoms with Crippen LogP contribution in [0.5, 0.6) is 0 Å². The summed E-state index contributed by atoms with van der Waals surface area (Å²) >= 11 is 0. The second-order valence-corrected chi connectivity index (χ2v) is 3.43. The lowest BCUT2D eigenvalue weighted by molar-refractivity contribution is 0.600. The Labute approximate surface area is 78.2 Å². The Bertz CT molecular complexity index is 309. The van der Waals surface area contributed by atoms with Gasteiger partial charge in [-0.15, -0.1) is 0 Å². The zero-order valence-electron chi connectivity index (χ0n) is 7.89. The number of para-hydroxylation sites is 1. The highest BCUT2D eigenvalue weighted by Crippen LogP contribution is 2.29. The number of anilines is 1. The number of aryl methyl sites for hydroxylation is 1. The molecule has 1 aliphatic heterocycles. The first-order valence-corrected chi connectivity index (χ1v) is 4.85. The Hall–Kier alpha value is -1.05. The van der Waals surface area contributed by atoms with Gasteiger partial charge >= 0.3 is 0 Å². The Morgan fingerprint density at radius 3 is 3.08 bits per heavy atom. The third kappa shape index (κ3) is 1.41. The summed E-state index contributed by atoms with van der Waals surface area (Å²) in [5, 5.41) is 0. The van der Waals surface area contributed by atoms with Gasteiger partial charge in [-0.1, -0.05) is 12.1 Å². The van der Waals surface area contributed by atoms with Gasteiger partial charge in [-0.05, 0) is 31.4 Å². The summed E-state index contributed by atoms with van der Waals surface area (Å²) in [6, 6.07) is 5.38. The van der Waals surface area contributed by atoms with Crippen LogP contribution in [0.1, 0.15) is 18.9 Å². The van der Waals surface area contributed by atoms with E-state index in [-0.39, 0.29) is 5.82 Å². The number of halogens is 1. The van der Waals surface area contributed by atoms with Crippen LogP contribution in [0.15, 0.2) is 18.2 Å². The topological polar surface area (TPSA) is 3.24 Å². The summed E-state index contributed by atoms with van der Waals surface area (Å²) in [7, 11) is 0. The lowest BCUT2D eigenvalue weighted by Gasteiger charge is -2.30. The van der Waals surface area contributed by atoms with Crippen molar-refractivity contribution in [3.8, 4) is 0 Å². The first kappa shape index (κ1) is 8.54. The molecular formula is C11H14FN. The van der Waals surface area contributed by atoms with Crippen LogP contribution in [0.4, 0.5) is 10.1 Å². The minimum absolute atomic E-state index is 0.0703. The first-order valence-electron chi connectivity index (χ1n) is 4.85. The van der Waals surface area contributed by atoms with E-state index in [2.05, 4.69) is 11.8 Å². The molecule has 70 valence electrons. The predicted molar refractivity (Wildman–Crippen MR) is 52.6 cm³/mol. The molecule has 1 heterocycles. The molecule has 0 unspecified atom stereocenters. The van der Waals surface area contributed by atoms with E-state index in [0.29, 0.717) is 0 Å². The number of hydrogen-bond acceptors (Lipinski definition) is 1. The number of hydrogen-bond donors (Lipinski definition) is 0. The Kier molecular flexibility index (Phi) is 2.21. The van der Waals surface area contributed by atoms with Crippen molar-refractivity contribution >= 4 is 5.69 Å². The minimum atomic E-state index is -0.0703. The van der Waals surface area contributed by atoms with Gasteiger partial charge in [0.1, 0.15) is 5.82 Å². The fourth-order valence-electron chi connectivity index (χ4n) is 2.00. The molecule has 1 nitrogen and oxygen atoms in total. The van der Waals surface area contributed by atoms with Gasteiger partial charge in [0.25, 0.3) is 0 Å². The summed E-state index contributed by atoms with van der Waals surface area (Å²) in [4.78, 5) is 2.12. The number of nitrogens with zero attached hydrogens (tertiary/aromatic N) is 1. The maximum atomic E-state index is 13.5. The quantitative estimate of drug-likeness (QED) is 0.640. The first-order chi connectivity index (χ1) is 6.33. The molecule has 0 atom stereocenters. The Balaban J connectivity index is 2.47. The lowest BCUT2D eigenvalue weighted by Crippen LogP contribution is -2.29. The van der Waals surface area contributed by atoms with Crippen LogP contribution in [-0.2, 0) is 6.42 Å². The van der Waals surface area contributed by atoms with Crippen LogP contribution < -0.4 is 4.90 Å². The summed E-state index contributed by atoms with van der Waals surface area (Å²) < 4.78 is 13.5. The predicted octanol–water partition coefficient (Wildman–Crippen LogP) is 2.60. The second-order valence-electron chi connectivity index (χ2n) is 3.43. The molecule has 2 rings (SSSR count). The average Bonchev–Trinajstić information content (AvgIpc) is 2.17. The zero-order valence-corrected chi connectivity index (χ0v) is 7.89. The second kappa shape index (κ2) is 3.36. The zero-order chi connectivity index (χ0) is 9.26. The maximum Gasteiger partial charge on any atom is 0.146 e. The SMILES string of the molecule is CCN1CCCc2cccc(F)c21. The Morgan fingerprint density at radius 2 is 2.31 bits per heavy atom. The van der Waals surface area contributed by atoms with Crippen LogP contribution in [0.2, 0.25) is 0 Å². The van der Waals surface area contributed by atoms with E-state index in [0.717, 1.165) is 37.2 Å². The lowest BCUT2D eigenvalue weighted by atomic mass is 10.0. The summed E-state index contributed by atoms with van der Waals surface area (Å²) in [5.74, 6) is -0.0703. The van der Waals surface area contributed by atoms with Crippen LogP contribution in [0.25, 0.3) is 0 Å². The fraction of sp³-hybridized carbons (Fsp3) is 0.455. The molecule has 0 saturated heterocycles.